The first kappa shape index (κ1) is 18.8. The summed E-state index contributed by atoms with van der Waals surface area (Å²) < 4.78 is 11.4. The summed E-state index contributed by atoms with van der Waals surface area (Å²) in [4.78, 5) is 24.2. The minimum absolute atomic E-state index is 0.0698. The minimum atomic E-state index is -0.709. The molecule has 2 aromatic carbocycles. The number of esters is 1. The second-order valence-corrected chi connectivity index (χ2v) is 7.18. The largest absolute Gasteiger partial charge is 0.450 e. The fourth-order valence-electron chi connectivity index (χ4n) is 2.36. The Balaban J connectivity index is 1.66. The van der Waals surface area contributed by atoms with Crippen LogP contribution in [-0.4, -0.2) is 18.5 Å². The summed E-state index contributed by atoms with van der Waals surface area (Å²) in [6.45, 7) is 1.30. The number of benzene rings is 2. The third kappa shape index (κ3) is 4.03. The maximum atomic E-state index is 12.2. The van der Waals surface area contributed by atoms with E-state index in [4.69, 9.17) is 32.4 Å². The lowest BCUT2D eigenvalue weighted by Crippen LogP contribution is -2.21. The number of furan rings is 1. The second kappa shape index (κ2) is 7.70. The highest BCUT2D eigenvalue weighted by atomic mass is 79.9. The van der Waals surface area contributed by atoms with Gasteiger partial charge in [0.1, 0.15) is 5.58 Å². The molecular weight excluding hydrogens is 445 g/mol. The van der Waals surface area contributed by atoms with Crippen molar-refractivity contribution in [3.63, 3.8) is 0 Å². The first-order valence-electron chi connectivity index (χ1n) is 7.46. The molecule has 0 fully saturated rings. The lowest BCUT2D eigenvalue weighted by molar-refractivity contribution is -0.119. The van der Waals surface area contributed by atoms with E-state index in [9.17, 15) is 9.59 Å². The second-order valence-electron chi connectivity index (χ2n) is 5.45. The summed E-state index contributed by atoms with van der Waals surface area (Å²) in [6.07, 6.45) is 0. The van der Waals surface area contributed by atoms with Crippen LogP contribution in [0.2, 0.25) is 10.0 Å². The molecule has 26 heavy (non-hydrogen) atoms. The van der Waals surface area contributed by atoms with Gasteiger partial charge in [0.2, 0.25) is 5.76 Å². The van der Waals surface area contributed by atoms with Crippen LogP contribution in [0.1, 0.15) is 16.1 Å². The van der Waals surface area contributed by atoms with E-state index in [0.717, 1.165) is 9.86 Å². The van der Waals surface area contributed by atoms with Gasteiger partial charge in [-0.25, -0.2) is 4.79 Å². The lowest BCUT2D eigenvalue weighted by atomic mass is 10.1. The quantitative estimate of drug-likeness (QED) is 0.518. The Morgan fingerprint density at radius 2 is 1.92 bits per heavy atom. The van der Waals surface area contributed by atoms with Gasteiger partial charge in [-0.3, -0.25) is 4.79 Å². The number of amides is 1. The fourth-order valence-corrected chi connectivity index (χ4v) is 3.01. The predicted molar refractivity (Wildman–Crippen MR) is 104 cm³/mol. The molecule has 3 rings (SSSR count). The van der Waals surface area contributed by atoms with Crippen molar-refractivity contribution in [2.45, 2.75) is 6.92 Å². The Bertz CT molecular complexity index is 1020. The molecule has 1 aromatic heterocycles. The van der Waals surface area contributed by atoms with Crippen molar-refractivity contribution in [1.82, 2.24) is 0 Å². The molecule has 1 heterocycles. The zero-order chi connectivity index (χ0) is 18.8. The zero-order valence-electron chi connectivity index (χ0n) is 13.4. The predicted octanol–water partition coefficient (Wildman–Crippen LogP) is 5.61. The van der Waals surface area contributed by atoms with Crippen LogP contribution in [0.15, 0.2) is 45.3 Å². The Morgan fingerprint density at radius 1 is 1.15 bits per heavy atom. The number of ether oxygens (including phenoxy) is 1. The summed E-state index contributed by atoms with van der Waals surface area (Å²) in [5.41, 5.74) is 1.67. The van der Waals surface area contributed by atoms with Gasteiger partial charge in [0, 0.05) is 21.1 Å². The van der Waals surface area contributed by atoms with Gasteiger partial charge in [-0.15, -0.1) is 0 Å². The van der Waals surface area contributed by atoms with Crippen molar-refractivity contribution < 1.29 is 18.7 Å². The number of rotatable bonds is 4. The summed E-state index contributed by atoms with van der Waals surface area (Å²) in [7, 11) is 0. The van der Waals surface area contributed by atoms with Crippen molar-refractivity contribution >= 4 is 67.7 Å². The van der Waals surface area contributed by atoms with Crippen LogP contribution in [0, 0.1) is 6.92 Å². The van der Waals surface area contributed by atoms with E-state index in [0.29, 0.717) is 26.9 Å². The third-order valence-electron chi connectivity index (χ3n) is 3.62. The van der Waals surface area contributed by atoms with Crippen molar-refractivity contribution in [1.29, 1.82) is 0 Å². The van der Waals surface area contributed by atoms with E-state index in [2.05, 4.69) is 21.2 Å². The molecule has 134 valence electrons. The van der Waals surface area contributed by atoms with Crippen molar-refractivity contribution in [2.75, 3.05) is 11.9 Å². The van der Waals surface area contributed by atoms with Gasteiger partial charge in [-0.05, 0) is 43.3 Å². The first-order valence-corrected chi connectivity index (χ1v) is 9.00. The smallest absolute Gasteiger partial charge is 0.375 e. The molecule has 0 atom stereocenters. The van der Waals surface area contributed by atoms with Gasteiger partial charge in [0.25, 0.3) is 5.91 Å². The van der Waals surface area contributed by atoms with Crippen LogP contribution < -0.4 is 5.32 Å². The molecule has 0 bridgehead atoms. The lowest BCUT2D eigenvalue weighted by Gasteiger charge is -2.07. The molecule has 3 aromatic rings. The SMILES string of the molecule is Cc1c(C(=O)OCC(=O)Nc2ccc(Cl)c(Cl)c2)oc2ccc(Br)cc12. The van der Waals surface area contributed by atoms with Gasteiger partial charge in [-0.1, -0.05) is 39.1 Å². The summed E-state index contributed by atoms with van der Waals surface area (Å²) in [6, 6.07) is 10.1. The Kier molecular flexibility index (Phi) is 5.55. The van der Waals surface area contributed by atoms with Crippen molar-refractivity contribution in [3.05, 3.63) is 62.2 Å². The topological polar surface area (TPSA) is 68.5 Å². The molecule has 0 spiro atoms. The van der Waals surface area contributed by atoms with E-state index in [1.165, 1.54) is 6.07 Å². The molecule has 1 amide bonds. The Morgan fingerprint density at radius 3 is 2.65 bits per heavy atom. The number of carbonyl (C=O) groups excluding carboxylic acids is 2. The Labute approximate surface area is 167 Å². The van der Waals surface area contributed by atoms with Gasteiger partial charge < -0.3 is 14.5 Å². The third-order valence-corrected chi connectivity index (χ3v) is 4.85. The minimum Gasteiger partial charge on any atom is -0.450 e. The number of nitrogens with one attached hydrogen (secondary N) is 1. The van der Waals surface area contributed by atoms with Gasteiger partial charge in [-0.2, -0.15) is 0 Å². The molecule has 5 nitrogen and oxygen atoms in total. The molecule has 0 radical (unpaired) electrons. The molecule has 0 aliphatic rings. The molecule has 0 unspecified atom stereocenters. The van der Waals surface area contributed by atoms with E-state index in [1.54, 1.807) is 25.1 Å². The molecule has 0 aliphatic heterocycles. The number of carbonyl (C=O) groups is 2. The summed E-state index contributed by atoms with van der Waals surface area (Å²) >= 11 is 15.1. The Hall–Kier alpha value is -2.02. The van der Waals surface area contributed by atoms with Crippen molar-refractivity contribution in [3.8, 4) is 0 Å². The number of anilines is 1. The first-order chi connectivity index (χ1) is 12.3. The molecule has 8 heteroatoms. The average molecular weight is 457 g/mol. The highest BCUT2D eigenvalue weighted by Gasteiger charge is 2.20. The number of aryl methyl sites for hydroxylation is 1. The van der Waals surface area contributed by atoms with Gasteiger partial charge >= 0.3 is 5.97 Å². The molecule has 1 N–H and O–H groups in total. The van der Waals surface area contributed by atoms with Gasteiger partial charge in [0.15, 0.2) is 6.61 Å². The van der Waals surface area contributed by atoms with E-state index < -0.39 is 18.5 Å². The fraction of sp³-hybridized carbons (Fsp3) is 0.111. The number of halogens is 3. The highest BCUT2D eigenvalue weighted by Crippen LogP contribution is 2.28. The number of fused-ring (bicyclic) bond motifs is 1. The highest BCUT2D eigenvalue weighted by molar-refractivity contribution is 9.10. The van der Waals surface area contributed by atoms with E-state index >= 15 is 0 Å². The van der Waals surface area contributed by atoms with Crippen molar-refractivity contribution in [2.24, 2.45) is 0 Å². The van der Waals surface area contributed by atoms with Crippen LogP contribution in [0.25, 0.3) is 11.0 Å². The van der Waals surface area contributed by atoms with Crippen LogP contribution >= 0.6 is 39.1 Å². The van der Waals surface area contributed by atoms with Crippen LogP contribution in [0.3, 0.4) is 0 Å². The number of hydrogen-bond acceptors (Lipinski definition) is 4. The van der Waals surface area contributed by atoms with E-state index in [-0.39, 0.29) is 5.76 Å². The van der Waals surface area contributed by atoms with E-state index in [1.807, 2.05) is 12.1 Å². The number of hydrogen-bond donors (Lipinski definition) is 1. The molecule has 0 saturated carbocycles. The van der Waals surface area contributed by atoms with Crippen LogP contribution in [-0.2, 0) is 9.53 Å². The zero-order valence-corrected chi connectivity index (χ0v) is 16.5. The van der Waals surface area contributed by atoms with Crippen LogP contribution in [0.5, 0.6) is 0 Å². The molecule has 0 saturated heterocycles. The normalized spacial score (nSPS) is 10.8. The standard InChI is InChI=1S/C18H12BrCl2NO4/c1-9-12-6-10(19)2-5-15(12)26-17(9)18(24)25-8-16(23)22-11-3-4-13(20)14(21)7-11/h2-7H,8H2,1H3,(H,22,23). The summed E-state index contributed by atoms with van der Waals surface area (Å²) in [5.74, 6) is -1.15. The van der Waals surface area contributed by atoms with Crippen LogP contribution in [0.4, 0.5) is 5.69 Å². The maximum absolute atomic E-state index is 12.2. The summed E-state index contributed by atoms with van der Waals surface area (Å²) in [5, 5.41) is 4.06. The monoisotopic (exact) mass is 455 g/mol. The maximum Gasteiger partial charge on any atom is 0.375 e. The average Bonchev–Trinajstić information content (AvgIpc) is 2.92. The molecular formula is C18H12BrCl2NO4. The van der Waals surface area contributed by atoms with Gasteiger partial charge in [0.05, 0.1) is 10.0 Å². The molecule has 0 aliphatic carbocycles.